The van der Waals surface area contributed by atoms with Gasteiger partial charge < -0.3 is 19.7 Å². The molecule has 1 aliphatic heterocycles. The highest BCUT2D eigenvalue weighted by atomic mass is 32.1. The van der Waals surface area contributed by atoms with Crippen molar-refractivity contribution >= 4 is 34.4 Å². The second-order valence-corrected chi connectivity index (χ2v) is 6.52. The van der Waals surface area contributed by atoms with E-state index in [-0.39, 0.29) is 0 Å². The van der Waals surface area contributed by atoms with Gasteiger partial charge in [-0.2, -0.15) is 5.10 Å². The van der Waals surface area contributed by atoms with Crippen molar-refractivity contribution in [2.24, 2.45) is 5.10 Å². The van der Waals surface area contributed by atoms with Gasteiger partial charge >= 0.3 is 0 Å². The number of methoxy groups -OCH3 is 1. The molecule has 2 N–H and O–H groups in total. The summed E-state index contributed by atoms with van der Waals surface area (Å²) in [5.74, 6) is 0.723. The Morgan fingerprint density at radius 1 is 1.11 bits per heavy atom. The van der Waals surface area contributed by atoms with Crippen LogP contribution in [0.2, 0.25) is 0 Å². The number of benzene rings is 2. The first-order chi connectivity index (χ1) is 13.2. The van der Waals surface area contributed by atoms with Crippen LogP contribution in [0.15, 0.2) is 53.6 Å². The first-order valence-corrected chi connectivity index (χ1v) is 9.25. The zero-order valence-electron chi connectivity index (χ0n) is 15.6. The molecule has 2 aromatic carbocycles. The van der Waals surface area contributed by atoms with Crippen LogP contribution in [0.1, 0.15) is 12.5 Å². The predicted octanol–water partition coefficient (Wildman–Crippen LogP) is 3.24. The van der Waals surface area contributed by atoms with Crippen molar-refractivity contribution in [1.29, 1.82) is 0 Å². The number of ether oxygens (including phenoxy) is 2. The van der Waals surface area contributed by atoms with E-state index in [2.05, 4.69) is 45.0 Å². The average Bonchev–Trinajstić information content (AvgIpc) is 2.73. The summed E-state index contributed by atoms with van der Waals surface area (Å²) >= 11 is 5.31. The molecule has 0 unspecified atom stereocenters. The number of rotatable bonds is 5. The van der Waals surface area contributed by atoms with Crippen LogP contribution < -0.4 is 20.4 Å². The van der Waals surface area contributed by atoms with Crippen LogP contribution in [-0.2, 0) is 4.74 Å². The van der Waals surface area contributed by atoms with Crippen molar-refractivity contribution in [3.05, 3.63) is 54.1 Å². The summed E-state index contributed by atoms with van der Waals surface area (Å²) in [5, 5.41) is 7.87. The maximum Gasteiger partial charge on any atom is 0.191 e. The van der Waals surface area contributed by atoms with Gasteiger partial charge in [-0.1, -0.05) is 24.3 Å². The van der Waals surface area contributed by atoms with E-state index in [1.165, 1.54) is 5.69 Å². The van der Waals surface area contributed by atoms with Gasteiger partial charge in [0, 0.05) is 18.8 Å². The lowest BCUT2D eigenvalue weighted by Gasteiger charge is -2.28. The van der Waals surface area contributed by atoms with Crippen LogP contribution in [0.25, 0.3) is 0 Å². The molecule has 1 fully saturated rings. The van der Waals surface area contributed by atoms with Crippen molar-refractivity contribution in [3.8, 4) is 5.75 Å². The van der Waals surface area contributed by atoms with Gasteiger partial charge in [0.25, 0.3) is 0 Å². The summed E-state index contributed by atoms with van der Waals surface area (Å²) < 4.78 is 10.7. The molecule has 0 aliphatic carbocycles. The monoisotopic (exact) mass is 384 g/mol. The topological polar surface area (TPSA) is 58.1 Å². The van der Waals surface area contributed by atoms with Crippen LogP contribution in [-0.4, -0.2) is 44.2 Å². The Bertz CT molecular complexity index is 802. The summed E-state index contributed by atoms with van der Waals surface area (Å²) in [5.41, 5.74) is 6.78. The van der Waals surface area contributed by atoms with Crippen LogP contribution in [0.4, 0.5) is 11.4 Å². The summed E-state index contributed by atoms with van der Waals surface area (Å²) in [7, 11) is 1.62. The standard InChI is InChI=1S/C20H24N4O2S/c1-15(16-7-9-17(10-8-16)24-11-13-26-14-12-24)22-23-20(27)21-18-5-3-4-6-19(18)25-2/h3-10H,11-14H2,1-2H3,(H2,21,23,27). The van der Waals surface area contributed by atoms with Crippen LogP contribution in [0, 0.1) is 0 Å². The fourth-order valence-electron chi connectivity index (χ4n) is 2.83. The molecule has 27 heavy (non-hydrogen) atoms. The minimum atomic E-state index is 0.406. The molecule has 2 aromatic rings. The first kappa shape index (κ1) is 19.1. The molecule has 1 aliphatic rings. The average molecular weight is 385 g/mol. The van der Waals surface area contributed by atoms with Gasteiger partial charge in [0.05, 0.1) is 31.7 Å². The maximum atomic E-state index is 5.40. The number of anilines is 2. The predicted molar refractivity (Wildman–Crippen MR) is 114 cm³/mol. The highest BCUT2D eigenvalue weighted by molar-refractivity contribution is 7.80. The third-order valence-corrected chi connectivity index (χ3v) is 4.53. The Balaban J connectivity index is 1.59. The summed E-state index contributed by atoms with van der Waals surface area (Å²) in [6.07, 6.45) is 0. The molecule has 0 saturated carbocycles. The first-order valence-electron chi connectivity index (χ1n) is 8.85. The fraction of sp³-hybridized carbons (Fsp3) is 0.300. The van der Waals surface area contributed by atoms with Crippen LogP contribution >= 0.6 is 12.2 Å². The molecule has 1 heterocycles. The van der Waals surface area contributed by atoms with E-state index in [1.807, 2.05) is 31.2 Å². The summed E-state index contributed by atoms with van der Waals surface area (Å²) in [6.45, 7) is 5.36. The lowest BCUT2D eigenvalue weighted by molar-refractivity contribution is 0.122. The second-order valence-electron chi connectivity index (χ2n) is 6.11. The van der Waals surface area contributed by atoms with E-state index in [4.69, 9.17) is 21.7 Å². The minimum Gasteiger partial charge on any atom is -0.495 e. The van der Waals surface area contributed by atoms with Gasteiger partial charge in [-0.15, -0.1) is 0 Å². The van der Waals surface area contributed by atoms with Gasteiger partial charge in [0.2, 0.25) is 0 Å². The Morgan fingerprint density at radius 2 is 1.81 bits per heavy atom. The molecule has 0 bridgehead atoms. The van der Waals surface area contributed by atoms with E-state index in [9.17, 15) is 0 Å². The Labute approximate surface area is 165 Å². The van der Waals surface area contributed by atoms with Gasteiger partial charge in [-0.25, -0.2) is 0 Å². The molecular formula is C20H24N4O2S. The number of hydrogen-bond donors (Lipinski definition) is 2. The Kier molecular flexibility index (Phi) is 6.62. The number of hydrazone groups is 1. The number of nitrogens with one attached hydrogen (secondary N) is 2. The third-order valence-electron chi connectivity index (χ3n) is 4.34. The van der Waals surface area contributed by atoms with Crippen molar-refractivity contribution in [1.82, 2.24) is 5.43 Å². The Hall–Kier alpha value is -2.64. The van der Waals surface area contributed by atoms with E-state index >= 15 is 0 Å². The van der Waals surface area contributed by atoms with E-state index in [0.717, 1.165) is 49.0 Å². The molecule has 1 saturated heterocycles. The van der Waals surface area contributed by atoms with Crippen LogP contribution in [0.3, 0.4) is 0 Å². The lowest BCUT2D eigenvalue weighted by atomic mass is 10.1. The van der Waals surface area contributed by atoms with Crippen LogP contribution in [0.5, 0.6) is 5.75 Å². The van der Waals surface area contributed by atoms with Gasteiger partial charge in [-0.05, 0) is 49.0 Å². The van der Waals surface area contributed by atoms with Crippen molar-refractivity contribution < 1.29 is 9.47 Å². The fourth-order valence-corrected chi connectivity index (χ4v) is 2.99. The molecule has 142 valence electrons. The quantitative estimate of drug-likeness (QED) is 0.469. The Morgan fingerprint density at radius 3 is 2.52 bits per heavy atom. The van der Waals surface area contributed by atoms with Crippen molar-refractivity contribution in [2.45, 2.75) is 6.92 Å². The van der Waals surface area contributed by atoms with E-state index in [0.29, 0.717) is 5.11 Å². The lowest BCUT2D eigenvalue weighted by Crippen LogP contribution is -2.36. The number of morpholine rings is 1. The molecule has 0 aromatic heterocycles. The summed E-state index contributed by atoms with van der Waals surface area (Å²) in [4.78, 5) is 2.32. The van der Waals surface area contributed by atoms with Gasteiger partial charge in [0.15, 0.2) is 5.11 Å². The van der Waals surface area contributed by atoms with Crippen molar-refractivity contribution in [3.63, 3.8) is 0 Å². The smallest absolute Gasteiger partial charge is 0.191 e. The third kappa shape index (κ3) is 5.18. The molecule has 0 radical (unpaired) electrons. The molecule has 6 nitrogen and oxygen atoms in total. The largest absolute Gasteiger partial charge is 0.495 e. The summed E-state index contributed by atoms with van der Waals surface area (Å²) in [6, 6.07) is 16.0. The van der Waals surface area contributed by atoms with Gasteiger partial charge in [0.1, 0.15) is 5.75 Å². The normalized spacial score (nSPS) is 14.6. The molecule has 7 heteroatoms. The minimum absolute atomic E-state index is 0.406. The highest BCUT2D eigenvalue weighted by Gasteiger charge is 2.11. The zero-order chi connectivity index (χ0) is 19.1. The van der Waals surface area contributed by atoms with E-state index in [1.54, 1.807) is 7.11 Å². The molecule has 0 spiro atoms. The number of thiocarbonyl (C=S) groups is 1. The van der Waals surface area contributed by atoms with Crippen molar-refractivity contribution in [2.75, 3.05) is 43.6 Å². The maximum absolute atomic E-state index is 5.40. The number of para-hydroxylation sites is 2. The number of nitrogens with zero attached hydrogens (tertiary/aromatic N) is 2. The zero-order valence-corrected chi connectivity index (χ0v) is 16.4. The molecule has 0 atom stereocenters. The second kappa shape index (κ2) is 9.34. The van der Waals surface area contributed by atoms with Gasteiger partial charge in [-0.3, -0.25) is 5.43 Å². The highest BCUT2D eigenvalue weighted by Crippen LogP contribution is 2.22. The molecule has 3 rings (SSSR count). The van der Waals surface area contributed by atoms with E-state index < -0.39 is 0 Å². The molecule has 0 amide bonds. The number of hydrogen-bond acceptors (Lipinski definition) is 5. The SMILES string of the molecule is COc1ccccc1NC(=S)NN=C(C)c1ccc(N2CCOCC2)cc1. The molecular weight excluding hydrogens is 360 g/mol.